The second-order valence-electron chi connectivity index (χ2n) is 4.92. The highest BCUT2D eigenvalue weighted by molar-refractivity contribution is 5.74. The van der Waals surface area contributed by atoms with Crippen LogP contribution in [-0.2, 0) is 6.54 Å². The van der Waals surface area contributed by atoms with E-state index in [0.717, 1.165) is 25.7 Å². The van der Waals surface area contributed by atoms with Gasteiger partial charge in [-0.2, -0.15) is 0 Å². The van der Waals surface area contributed by atoms with E-state index in [1.165, 1.54) is 6.07 Å². The molecule has 0 heterocycles. The molecule has 104 valence electrons. The van der Waals surface area contributed by atoms with Crippen molar-refractivity contribution in [2.75, 3.05) is 0 Å². The topological polar surface area (TPSA) is 61.4 Å². The van der Waals surface area contributed by atoms with Gasteiger partial charge in [-0.25, -0.2) is 9.18 Å². The van der Waals surface area contributed by atoms with Gasteiger partial charge in [0, 0.05) is 18.2 Å². The van der Waals surface area contributed by atoms with Gasteiger partial charge in [0.25, 0.3) is 0 Å². The highest BCUT2D eigenvalue weighted by Crippen LogP contribution is 2.18. The lowest BCUT2D eigenvalue weighted by atomic mass is 9.93. The number of hydrogen-bond donors (Lipinski definition) is 3. The molecule has 0 saturated heterocycles. The molecule has 0 unspecified atom stereocenters. The van der Waals surface area contributed by atoms with E-state index < -0.39 is 0 Å². The first-order valence-electron chi connectivity index (χ1n) is 6.61. The smallest absolute Gasteiger partial charge is 0.315 e. The molecule has 4 nitrogen and oxygen atoms in total. The first kappa shape index (κ1) is 13.8. The fourth-order valence-corrected chi connectivity index (χ4v) is 2.27. The summed E-state index contributed by atoms with van der Waals surface area (Å²) in [6, 6.07) is 6.19. The van der Waals surface area contributed by atoms with Crippen LogP contribution in [0.4, 0.5) is 9.18 Å². The Bertz CT molecular complexity index is 431. The number of urea groups is 1. The number of aliphatic hydroxyl groups excluding tert-OH is 1. The van der Waals surface area contributed by atoms with E-state index in [0.29, 0.717) is 5.56 Å². The van der Waals surface area contributed by atoms with Crippen molar-refractivity contribution in [1.29, 1.82) is 0 Å². The van der Waals surface area contributed by atoms with Gasteiger partial charge in [0.2, 0.25) is 0 Å². The summed E-state index contributed by atoms with van der Waals surface area (Å²) in [4.78, 5) is 11.7. The number of hydrogen-bond acceptors (Lipinski definition) is 2. The zero-order valence-electron chi connectivity index (χ0n) is 10.7. The Labute approximate surface area is 112 Å². The quantitative estimate of drug-likeness (QED) is 0.783. The van der Waals surface area contributed by atoms with Crippen LogP contribution in [0.15, 0.2) is 24.3 Å². The summed E-state index contributed by atoms with van der Waals surface area (Å²) >= 11 is 0. The Morgan fingerprint density at radius 2 is 1.95 bits per heavy atom. The first-order chi connectivity index (χ1) is 9.15. The Balaban J connectivity index is 1.74. The first-order valence-corrected chi connectivity index (χ1v) is 6.61. The summed E-state index contributed by atoms with van der Waals surface area (Å²) in [6.45, 7) is 0.174. The molecule has 1 fully saturated rings. The zero-order chi connectivity index (χ0) is 13.7. The molecule has 1 saturated carbocycles. The lowest BCUT2D eigenvalue weighted by Crippen LogP contribution is -2.43. The second kappa shape index (κ2) is 6.52. The summed E-state index contributed by atoms with van der Waals surface area (Å²) < 4.78 is 13.3. The lowest BCUT2D eigenvalue weighted by molar-refractivity contribution is 0.117. The fourth-order valence-electron chi connectivity index (χ4n) is 2.27. The van der Waals surface area contributed by atoms with Crippen molar-refractivity contribution < 1.29 is 14.3 Å². The summed E-state index contributed by atoms with van der Waals surface area (Å²) in [5.74, 6) is -0.316. The number of rotatable bonds is 3. The van der Waals surface area contributed by atoms with Crippen LogP contribution in [-0.4, -0.2) is 23.3 Å². The molecule has 1 aliphatic rings. The predicted octanol–water partition coefficient (Wildman–Crippen LogP) is 1.93. The van der Waals surface area contributed by atoms with Gasteiger partial charge in [-0.05, 0) is 31.7 Å². The third kappa shape index (κ3) is 4.21. The van der Waals surface area contributed by atoms with E-state index in [-0.39, 0.29) is 30.5 Å². The van der Waals surface area contributed by atoms with Crippen molar-refractivity contribution in [3.8, 4) is 0 Å². The Morgan fingerprint density at radius 3 is 2.63 bits per heavy atom. The number of amides is 2. The maximum Gasteiger partial charge on any atom is 0.315 e. The molecule has 0 atom stereocenters. The average molecular weight is 266 g/mol. The van der Waals surface area contributed by atoms with Crippen molar-refractivity contribution in [3.63, 3.8) is 0 Å². The van der Waals surface area contributed by atoms with E-state index in [9.17, 15) is 14.3 Å². The molecule has 0 bridgehead atoms. The molecule has 19 heavy (non-hydrogen) atoms. The fraction of sp³-hybridized carbons (Fsp3) is 0.500. The summed E-state index contributed by atoms with van der Waals surface area (Å²) in [5, 5.41) is 14.9. The van der Waals surface area contributed by atoms with Gasteiger partial charge in [-0.15, -0.1) is 0 Å². The van der Waals surface area contributed by atoms with Crippen molar-refractivity contribution in [2.24, 2.45) is 0 Å². The van der Waals surface area contributed by atoms with E-state index in [1.807, 2.05) is 0 Å². The molecular formula is C14H19FN2O2. The van der Waals surface area contributed by atoms with Crippen molar-refractivity contribution >= 4 is 6.03 Å². The van der Waals surface area contributed by atoms with Gasteiger partial charge < -0.3 is 15.7 Å². The Kier molecular flexibility index (Phi) is 4.74. The summed E-state index contributed by atoms with van der Waals surface area (Å²) in [7, 11) is 0. The molecule has 0 spiro atoms. The van der Waals surface area contributed by atoms with E-state index >= 15 is 0 Å². The molecule has 5 heteroatoms. The predicted molar refractivity (Wildman–Crippen MR) is 70.0 cm³/mol. The summed E-state index contributed by atoms with van der Waals surface area (Å²) in [5.41, 5.74) is 0.469. The lowest BCUT2D eigenvalue weighted by Gasteiger charge is -2.26. The zero-order valence-corrected chi connectivity index (χ0v) is 10.7. The monoisotopic (exact) mass is 266 g/mol. The number of carbonyl (C=O) groups excluding carboxylic acids is 1. The Morgan fingerprint density at radius 1 is 1.26 bits per heavy atom. The average Bonchev–Trinajstić information content (AvgIpc) is 2.40. The maximum absolute atomic E-state index is 13.3. The van der Waals surface area contributed by atoms with Crippen LogP contribution < -0.4 is 10.6 Å². The number of benzene rings is 1. The van der Waals surface area contributed by atoms with Crippen LogP contribution in [0.2, 0.25) is 0 Å². The Hall–Kier alpha value is -1.62. The number of halogens is 1. The van der Waals surface area contributed by atoms with Crippen molar-refractivity contribution in [3.05, 3.63) is 35.6 Å². The van der Waals surface area contributed by atoms with Gasteiger partial charge in [0.1, 0.15) is 5.82 Å². The number of carbonyl (C=O) groups is 1. The minimum Gasteiger partial charge on any atom is -0.393 e. The van der Waals surface area contributed by atoms with Crippen LogP contribution in [0, 0.1) is 5.82 Å². The number of aliphatic hydroxyl groups is 1. The van der Waals surface area contributed by atoms with Gasteiger partial charge in [0.05, 0.1) is 6.10 Å². The third-order valence-corrected chi connectivity index (χ3v) is 3.43. The normalized spacial score (nSPS) is 22.8. The SMILES string of the molecule is O=C(NCc1ccccc1F)NC1CCC(O)CC1. The summed E-state index contributed by atoms with van der Waals surface area (Å²) in [6.07, 6.45) is 2.78. The molecule has 1 aliphatic carbocycles. The van der Waals surface area contributed by atoms with Gasteiger partial charge in [0.15, 0.2) is 0 Å². The van der Waals surface area contributed by atoms with Crippen molar-refractivity contribution in [2.45, 2.75) is 44.4 Å². The third-order valence-electron chi connectivity index (χ3n) is 3.43. The van der Waals surface area contributed by atoms with Crippen molar-refractivity contribution in [1.82, 2.24) is 10.6 Å². The highest BCUT2D eigenvalue weighted by atomic mass is 19.1. The van der Waals surface area contributed by atoms with Gasteiger partial charge >= 0.3 is 6.03 Å². The second-order valence-corrected chi connectivity index (χ2v) is 4.92. The highest BCUT2D eigenvalue weighted by Gasteiger charge is 2.20. The molecule has 0 aliphatic heterocycles. The molecule has 0 radical (unpaired) electrons. The molecule has 2 rings (SSSR count). The largest absolute Gasteiger partial charge is 0.393 e. The van der Waals surface area contributed by atoms with Crippen LogP contribution in [0.25, 0.3) is 0 Å². The van der Waals surface area contributed by atoms with Crippen LogP contribution >= 0.6 is 0 Å². The van der Waals surface area contributed by atoms with E-state index in [1.54, 1.807) is 18.2 Å². The molecule has 0 aromatic heterocycles. The standard InChI is InChI=1S/C14H19FN2O2/c15-13-4-2-1-3-10(13)9-16-14(19)17-11-5-7-12(18)8-6-11/h1-4,11-12,18H,5-9H2,(H2,16,17,19). The van der Waals surface area contributed by atoms with Gasteiger partial charge in [-0.1, -0.05) is 18.2 Å². The van der Waals surface area contributed by atoms with Gasteiger partial charge in [-0.3, -0.25) is 0 Å². The minimum atomic E-state index is -0.316. The molecule has 1 aromatic rings. The van der Waals surface area contributed by atoms with Crippen LogP contribution in [0.1, 0.15) is 31.2 Å². The van der Waals surface area contributed by atoms with Crippen LogP contribution in [0.3, 0.4) is 0 Å². The van der Waals surface area contributed by atoms with E-state index in [2.05, 4.69) is 10.6 Å². The molecule has 1 aromatic carbocycles. The van der Waals surface area contributed by atoms with E-state index in [4.69, 9.17) is 0 Å². The van der Waals surface area contributed by atoms with Crippen LogP contribution in [0.5, 0.6) is 0 Å². The number of nitrogens with one attached hydrogen (secondary N) is 2. The minimum absolute atomic E-state index is 0.101. The molecule has 2 amide bonds. The molecule has 3 N–H and O–H groups in total. The maximum atomic E-state index is 13.3. The molecular weight excluding hydrogens is 247 g/mol.